The van der Waals surface area contributed by atoms with Crippen LogP contribution in [-0.2, 0) is 63.9 Å². The van der Waals surface area contributed by atoms with Crippen molar-refractivity contribution < 1.29 is 66.8 Å². The number of nitrogens with one attached hydrogen (secondary N) is 5. The van der Waals surface area contributed by atoms with E-state index in [2.05, 4.69) is 26.6 Å². The Morgan fingerprint density at radius 3 is 1.74 bits per heavy atom. The normalized spacial score (nSPS) is 29.3. The third-order valence-electron chi connectivity index (χ3n) is 18.9. The molecule has 1 saturated heterocycles. The maximum absolute atomic E-state index is 14.9. The Labute approximate surface area is 482 Å². The fourth-order valence-corrected chi connectivity index (χ4v) is 15.5. The van der Waals surface area contributed by atoms with E-state index in [-0.39, 0.29) is 75.5 Å². The fourth-order valence-electron chi connectivity index (χ4n) is 15.5. The number of carbonyl (C=O) groups excluding carboxylic acids is 9. The second kappa shape index (κ2) is 27.6. The van der Waals surface area contributed by atoms with E-state index in [0.717, 1.165) is 101 Å². The van der Waals surface area contributed by atoms with Crippen molar-refractivity contribution >= 4 is 53.7 Å². The maximum atomic E-state index is 14.9. The summed E-state index contributed by atoms with van der Waals surface area (Å²) < 4.78 is 29.1. The molecule has 1 aromatic carbocycles. The Balaban J connectivity index is 0.890. The van der Waals surface area contributed by atoms with Gasteiger partial charge in [0.15, 0.2) is 0 Å². The van der Waals surface area contributed by atoms with E-state index in [9.17, 15) is 43.2 Å². The predicted molar refractivity (Wildman–Crippen MR) is 299 cm³/mol. The first-order chi connectivity index (χ1) is 39.3. The zero-order valence-electron chi connectivity index (χ0n) is 48.7. The number of esters is 3. The molecule has 1 aliphatic heterocycles. The molecular weight excluding hydrogens is 1050 g/mol. The average molecular weight is 1140 g/mol. The van der Waals surface area contributed by atoms with Gasteiger partial charge in [0.25, 0.3) is 0 Å². The van der Waals surface area contributed by atoms with Crippen molar-refractivity contribution in [2.45, 2.75) is 236 Å². The second-order valence-electron chi connectivity index (χ2n) is 26.4. The first-order valence-corrected chi connectivity index (χ1v) is 31.1. The van der Waals surface area contributed by atoms with Crippen LogP contribution in [0.25, 0.3) is 0 Å². The van der Waals surface area contributed by atoms with Gasteiger partial charge < -0.3 is 55.2 Å². The number of unbranched alkanes of at least 4 members (excludes halogenated alkanes) is 1. The molecule has 5 atom stereocenters. The summed E-state index contributed by atoms with van der Waals surface area (Å²) in [5, 5.41) is 13.6. The molecule has 10 aliphatic rings. The molecular formula is C62H90N6O14. The molecule has 20 nitrogen and oxygen atoms in total. The van der Waals surface area contributed by atoms with E-state index in [1.165, 1.54) is 24.7 Å². The van der Waals surface area contributed by atoms with E-state index in [0.29, 0.717) is 42.9 Å². The molecule has 0 radical (unpaired) electrons. The maximum Gasteiger partial charge on any atom is 0.408 e. The van der Waals surface area contributed by atoms with Crippen molar-refractivity contribution in [2.75, 3.05) is 13.1 Å². The summed E-state index contributed by atoms with van der Waals surface area (Å²) >= 11 is 0. The Kier molecular flexibility index (Phi) is 20.4. The lowest BCUT2D eigenvalue weighted by Crippen LogP contribution is -2.59. The van der Waals surface area contributed by atoms with Crippen LogP contribution in [0.4, 0.5) is 9.59 Å². The molecule has 1 aromatic rings. The van der Waals surface area contributed by atoms with Gasteiger partial charge >= 0.3 is 30.1 Å². The van der Waals surface area contributed by atoms with Gasteiger partial charge in [-0.05, 0) is 209 Å². The van der Waals surface area contributed by atoms with Crippen molar-refractivity contribution in [1.29, 1.82) is 0 Å². The lowest BCUT2D eigenvalue weighted by Gasteiger charge is -2.53. The Hall–Kier alpha value is -5.95. The van der Waals surface area contributed by atoms with Crippen molar-refractivity contribution in [1.82, 2.24) is 31.5 Å². The van der Waals surface area contributed by atoms with Crippen molar-refractivity contribution in [2.24, 2.45) is 47.3 Å². The number of carbonyl (C=O) groups is 9. The minimum Gasteiger partial charge on any atom is -0.462 e. The Morgan fingerprint density at radius 2 is 1.15 bits per heavy atom. The lowest BCUT2D eigenvalue weighted by atomic mass is 9.55. The largest absolute Gasteiger partial charge is 0.462 e. The highest BCUT2D eigenvalue weighted by Crippen LogP contribution is 2.56. The molecule has 0 spiro atoms. The third-order valence-corrected chi connectivity index (χ3v) is 18.9. The number of rotatable bonds is 24. The van der Waals surface area contributed by atoms with Gasteiger partial charge in [-0.1, -0.05) is 36.8 Å². The minimum absolute atomic E-state index is 0.0229. The number of alkyl carbamates (subject to hydrolysis) is 2. The molecule has 5 N–H and O–H groups in total. The van der Waals surface area contributed by atoms with E-state index in [4.69, 9.17) is 23.7 Å². The molecule has 0 aromatic heterocycles. The highest BCUT2D eigenvalue weighted by Gasteiger charge is 2.52. The second-order valence-corrected chi connectivity index (χ2v) is 26.4. The summed E-state index contributed by atoms with van der Waals surface area (Å²) in [6.07, 6.45) is 13.5. The zero-order chi connectivity index (χ0) is 58.1. The average Bonchev–Trinajstić information content (AvgIpc) is 4.09. The van der Waals surface area contributed by atoms with Crippen LogP contribution in [-0.4, -0.2) is 126 Å². The van der Waals surface area contributed by atoms with E-state index < -0.39 is 96.0 Å². The van der Waals surface area contributed by atoms with Gasteiger partial charge in [-0.15, -0.1) is 0 Å². The standard InChI is InChI=1S/C62H90N6O14/c1-36(58(74)68-23-13-19-50(68)59(75)78-35-37-14-7-5-8-15-37)64-57(73)49(34-52(70)80-53-42-26-38-24-39(28-42)29-43(53)27-38)66-55(71)47(18-11-12-22-63-60(76)81-54-44-30-40-25-41(32-44)33-45(54)31-40)65-56(72)48(67-61(77)82-62(2,3)4)20-21-51(69)79-46-16-9-6-10-17-46/h5,7-8,14-15,36,38-50,53-54H,6,9-13,16-35H2,1-4H3,(H,63,76)(H,64,73)(H,65,72)(H,66,71)(H,67,77)/t36-,38?,39?,40?,41?,42?,43?,44?,45?,47-,48-,49-,50-,53?,54?/m0/s1. The number of benzene rings is 1. The highest BCUT2D eigenvalue weighted by molar-refractivity contribution is 5.97. The number of hydrogen-bond acceptors (Lipinski definition) is 14. The molecule has 0 unspecified atom stereocenters. The summed E-state index contributed by atoms with van der Waals surface area (Å²) in [5.41, 5.74) is -0.155. The number of ether oxygens (including phenoxy) is 5. The van der Waals surface area contributed by atoms with Crippen LogP contribution in [0.3, 0.4) is 0 Å². The zero-order valence-corrected chi connectivity index (χ0v) is 48.7. The van der Waals surface area contributed by atoms with Crippen LogP contribution in [0.15, 0.2) is 30.3 Å². The first kappa shape index (κ1) is 60.6. The van der Waals surface area contributed by atoms with E-state index in [1.54, 1.807) is 20.8 Å². The molecule has 1 heterocycles. The van der Waals surface area contributed by atoms with E-state index in [1.807, 2.05) is 30.3 Å². The molecule has 10 fully saturated rings. The van der Waals surface area contributed by atoms with Crippen molar-refractivity contribution in [3.05, 3.63) is 35.9 Å². The van der Waals surface area contributed by atoms with Gasteiger partial charge in [0.2, 0.25) is 23.6 Å². The van der Waals surface area contributed by atoms with Crippen molar-refractivity contribution in [3.63, 3.8) is 0 Å². The molecule has 82 heavy (non-hydrogen) atoms. The third kappa shape index (κ3) is 16.4. The SMILES string of the molecule is C[C@H](NC(=O)[C@H](CC(=O)OC1C2CC3CC(C2)CC1C3)NC(=O)[C@H](CCCCNC(=O)OC1C2CC3CC(C2)CC1C3)NC(=O)[C@H](CCC(=O)OC1CCCCC1)NC(=O)OC(C)(C)C)C(=O)N1CCC[C@H]1C(=O)OCc1ccccc1. The number of nitrogens with zero attached hydrogens (tertiary/aromatic N) is 1. The lowest BCUT2D eigenvalue weighted by molar-refractivity contribution is -0.171. The van der Waals surface area contributed by atoms with Crippen molar-refractivity contribution in [3.8, 4) is 0 Å². The molecule has 20 heteroatoms. The van der Waals surface area contributed by atoms with Crippen LogP contribution in [0.5, 0.6) is 0 Å². The number of likely N-dealkylation sites (tertiary alicyclic amines) is 1. The summed E-state index contributed by atoms with van der Waals surface area (Å²) in [5.74, 6) is -1.08. The Bertz CT molecular complexity index is 2390. The van der Waals surface area contributed by atoms with Crippen LogP contribution in [0, 0.1) is 47.3 Å². The van der Waals surface area contributed by atoms with Gasteiger partial charge in [-0.3, -0.25) is 28.8 Å². The van der Waals surface area contributed by atoms with Gasteiger partial charge in [0.05, 0.1) is 6.42 Å². The summed E-state index contributed by atoms with van der Waals surface area (Å²) in [4.78, 5) is 127. The Morgan fingerprint density at radius 1 is 0.585 bits per heavy atom. The number of amides is 6. The van der Waals surface area contributed by atoms with Crippen LogP contribution >= 0.6 is 0 Å². The fraction of sp³-hybridized carbons (Fsp3) is 0.758. The molecule has 8 bridgehead atoms. The van der Waals surface area contributed by atoms with Crippen LogP contribution < -0.4 is 26.6 Å². The van der Waals surface area contributed by atoms with Gasteiger partial charge in [0, 0.05) is 19.5 Å². The van der Waals surface area contributed by atoms with E-state index >= 15 is 0 Å². The molecule has 11 rings (SSSR count). The van der Waals surface area contributed by atoms with Gasteiger partial charge in [-0.25, -0.2) is 14.4 Å². The smallest absolute Gasteiger partial charge is 0.408 e. The molecule has 9 saturated carbocycles. The van der Waals surface area contributed by atoms with Gasteiger partial charge in [0.1, 0.15) is 60.7 Å². The minimum atomic E-state index is -1.59. The first-order valence-electron chi connectivity index (χ1n) is 31.1. The summed E-state index contributed by atoms with van der Waals surface area (Å²) in [6, 6.07) is 2.72. The predicted octanol–water partition coefficient (Wildman–Crippen LogP) is 7.22. The quantitative estimate of drug-likeness (QED) is 0.0389. The van der Waals surface area contributed by atoms with Crippen LogP contribution in [0.1, 0.15) is 181 Å². The molecule has 9 aliphatic carbocycles. The molecule has 6 amide bonds. The monoisotopic (exact) mass is 1140 g/mol. The highest BCUT2D eigenvalue weighted by atomic mass is 16.6. The topological polar surface area (TPSA) is 263 Å². The summed E-state index contributed by atoms with van der Waals surface area (Å²) in [7, 11) is 0. The van der Waals surface area contributed by atoms with Crippen LogP contribution in [0.2, 0.25) is 0 Å². The van der Waals surface area contributed by atoms with Gasteiger partial charge in [-0.2, -0.15) is 0 Å². The number of hydrogen-bond donors (Lipinski definition) is 5. The molecule has 452 valence electrons. The summed E-state index contributed by atoms with van der Waals surface area (Å²) in [6.45, 7) is 6.93.